The number of amides is 2. The van der Waals surface area contributed by atoms with Crippen LogP contribution in [0, 0.1) is 0 Å². The molecule has 0 bridgehead atoms. The van der Waals surface area contributed by atoms with E-state index in [4.69, 9.17) is 14.2 Å². The monoisotopic (exact) mass is 414 g/mol. The maximum absolute atomic E-state index is 12.7. The molecule has 0 atom stereocenters. The van der Waals surface area contributed by atoms with Gasteiger partial charge in [0.25, 0.3) is 5.91 Å². The summed E-state index contributed by atoms with van der Waals surface area (Å²) >= 11 is 0. The van der Waals surface area contributed by atoms with Gasteiger partial charge >= 0.3 is 6.09 Å². The van der Waals surface area contributed by atoms with Crippen LogP contribution in [-0.2, 0) is 4.74 Å². The van der Waals surface area contributed by atoms with E-state index in [0.29, 0.717) is 35.0 Å². The van der Waals surface area contributed by atoms with Gasteiger partial charge in [-0.15, -0.1) is 0 Å². The van der Waals surface area contributed by atoms with Crippen LogP contribution < -0.4 is 20.1 Å². The van der Waals surface area contributed by atoms with Gasteiger partial charge in [0.2, 0.25) is 0 Å². The van der Waals surface area contributed by atoms with Crippen molar-refractivity contribution in [1.29, 1.82) is 0 Å². The highest BCUT2D eigenvalue weighted by molar-refractivity contribution is 6.05. The normalized spacial score (nSPS) is 10.8. The number of unbranched alkanes of at least 4 members (excludes halogenated alkanes) is 1. The molecule has 7 heteroatoms. The number of benzene rings is 2. The number of rotatable bonds is 8. The standard InChI is InChI=1S/C23H30N2O5/c1-6-7-14-29-20-13-12-18(28-5)15-19(20)25-21(26)16-8-10-17(11-9-16)24-22(27)30-23(2,3)4/h8-13,15H,6-7,14H2,1-5H3,(H,24,27)(H,25,26). The summed E-state index contributed by atoms with van der Waals surface area (Å²) in [6.45, 7) is 8.02. The van der Waals surface area contributed by atoms with Gasteiger partial charge in [0.15, 0.2) is 0 Å². The summed E-state index contributed by atoms with van der Waals surface area (Å²) in [6.07, 6.45) is 1.39. The second-order valence-corrected chi connectivity index (χ2v) is 7.72. The minimum Gasteiger partial charge on any atom is -0.497 e. The van der Waals surface area contributed by atoms with Gasteiger partial charge in [0.05, 0.1) is 19.4 Å². The highest BCUT2D eigenvalue weighted by Crippen LogP contribution is 2.30. The first-order valence-corrected chi connectivity index (χ1v) is 9.94. The van der Waals surface area contributed by atoms with E-state index in [1.54, 1.807) is 70.3 Å². The Morgan fingerprint density at radius 2 is 1.70 bits per heavy atom. The van der Waals surface area contributed by atoms with Gasteiger partial charge in [0.1, 0.15) is 17.1 Å². The van der Waals surface area contributed by atoms with Crippen molar-refractivity contribution in [1.82, 2.24) is 0 Å². The zero-order valence-electron chi connectivity index (χ0n) is 18.2. The molecule has 162 valence electrons. The summed E-state index contributed by atoms with van der Waals surface area (Å²) in [6, 6.07) is 11.8. The number of anilines is 2. The second-order valence-electron chi connectivity index (χ2n) is 7.72. The molecule has 0 aliphatic heterocycles. The lowest BCUT2D eigenvalue weighted by Gasteiger charge is -2.19. The van der Waals surface area contributed by atoms with Crippen molar-refractivity contribution in [2.24, 2.45) is 0 Å². The molecule has 0 aromatic heterocycles. The van der Waals surface area contributed by atoms with Crippen LogP contribution in [-0.4, -0.2) is 31.3 Å². The lowest BCUT2D eigenvalue weighted by molar-refractivity contribution is 0.0636. The van der Waals surface area contributed by atoms with Gasteiger partial charge in [-0.2, -0.15) is 0 Å². The van der Waals surface area contributed by atoms with E-state index in [0.717, 1.165) is 12.8 Å². The van der Waals surface area contributed by atoms with Gasteiger partial charge in [-0.05, 0) is 63.6 Å². The summed E-state index contributed by atoms with van der Waals surface area (Å²) in [5.74, 6) is 0.901. The lowest BCUT2D eigenvalue weighted by Crippen LogP contribution is -2.27. The largest absolute Gasteiger partial charge is 0.497 e. The minimum absolute atomic E-state index is 0.299. The quantitative estimate of drug-likeness (QED) is 0.559. The van der Waals surface area contributed by atoms with E-state index >= 15 is 0 Å². The molecule has 2 amide bonds. The summed E-state index contributed by atoms with van der Waals surface area (Å²) in [5, 5.41) is 5.50. The summed E-state index contributed by atoms with van der Waals surface area (Å²) in [7, 11) is 1.56. The predicted molar refractivity (Wildman–Crippen MR) is 118 cm³/mol. The number of hydrogen-bond donors (Lipinski definition) is 2. The molecule has 7 nitrogen and oxygen atoms in total. The van der Waals surface area contributed by atoms with Crippen molar-refractivity contribution < 1.29 is 23.8 Å². The SMILES string of the molecule is CCCCOc1ccc(OC)cc1NC(=O)c1ccc(NC(=O)OC(C)(C)C)cc1. The molecule has 0 aliphatic rings. The van der Waals surface area contributed by atoms with Crippen LogP contribution in [0.3, 0.4) is 0 Å². The topological polar surface area (TPSA) is 85.9 Å². The van der Waals surface area contributed by atoms with E-state index in [9.17, 15) is 9.59 Å². The Morgan fingerprint density at radius 1 is 1.00 bits per heavy atom. The average Bonchev–Trinajstić information content (AvgIpc) is 2.68. The Hall–Kier alpha value is -3.22. The molecule has 0 saturated heterocycles. The summed E-state index contributed by atoms with van der Waals surface area (Å²) < 4.78 is 16.3. The highest BCUT2D eigenvalue weighted by Gasteiger charge is 2.16. The minimum atomic E-state index is -0.586. The number of methoxy groups -OCH3 is 1. The van der Waals surface area contributed by atoms with E-state index in [1.165, 1.54) is 0 Å². The molecule has 2 aromatic carbocycles. The molecular weight excluding hydrogens is 384 g/mol. The van der Waals surface area contributed by atoms with Crippen molar-refractivity contribution in [3.8, 4) is 11.5 Å². The first-order valence-electron chi connectivity index (χ1n) is 9.94. The number of hydrogen-bond acceptors (Lipinski definition) is 5. The zero-order valence-corrected chi connectivity index (χ0v) is 18.2. The van der Waals surface area contributed by atoms with Crippen LogP contribution in [0.25, 0.3) is 0 Å². The van der Waals surface area contributed by atoms with Crippen LogP contribution in [0.5, 0.6) is 11.5 Å². The number of carbonyl (C=O) groups excluding carboxylic acids is 2. The summed E-state index contributed by atoms with van der Waals surface area (Å²) in [5.41, 5.74) is 0.918. The van der Waals surface area contributed by atoms with Crippen molar-refractivity contribution in [3.05, 3.63) is 48.0 Å². The Morgan fingerprint density at radius 3 is 2.30 bits per heavy atom. The first-order chi connectivity index (χ1) is 14.2. The molecule has 2 aromatic rings. The Labute approximate surface area is 177 Å². The molecule has 0 heterocycles. The molecule has 0 saturated carbocycles. The first kappa shape index (κ1) is 23.1. The van der Waals surface area contributed by atoms with Gasteiger partial charge in [-0.1, -0.05) is 13.3 Å². The van der Waals surface area contributed by atoms with Gasteiger partial charge in [-0.25, -0.2) is 4.79 Å². The van der Waals surface area contributed by atoms with Crippen LogP contribution in [0.1, 0.15) is 50.9 Å². The third-order valence-corrected chi connectivity index (χ3v) is 3.98. The van der Waals surface area contributed by atoms with Gasteiger partial charge < -0.3 is 19.5 Å². The highest BCUT2D eigenvalue weighted by atomic mass is 16.6. The fourth-order valence-electron chi connectivity index (χ4n) is 2.51. The Kier molecular flexibility index (Phi) is 8.09. The predicted octanol–water partition coefficient (Wildman–Crippen LogP) is 5.47. The number of nitrogens with one attached hydrogen (secondary N) is 2. The third kappa shape index (κ3) is 7.31. The Balaban J connectivity index is 2.07. The smallest absolute Gasteiger partial charge is 0.412 e. The summed E-state index contributed by atoms with van der Waals surface area (Å²) in [4.78, 5) is 24.6. The fourth-order valence-corrected chi connectivity index (χ4v) is 2.51. The van der Waals surface area contributed by atoms with Crippen molar-refractivity contribution in [2.75, 3.05) is 24.4 Å². The maximum Gasteiger partial charge on any atom is 0.412 e. The van der Waals surface area contributed by atoms with Crippen molar-refractivity contribution >= 4 is 23.4 Å². The lowest BCUT2D eigenvalue weighted by atomic mass is 10.2. The molecule has 2 rings (SSSR count). The fraction of sp³-hybridized carbons (Fsp3) is 0.391. The Bertz CT molecular complexity index is 857. The van der Waals surface area contributed by atoms with Crippen molar-refractivity contribution in [3.63, 3.8) is 0 Å². The molecular formula is C23H30N2O5. The number of ether oxygens (including phenoxy) is 3. The zero-order chi connectivity index (χ0) is 22.1. The van der Waals surface area contributed by atoms with E-state index in [2.05, 4.69) is 17.6 Å². The van der Waals surface area contributed by atoms with Crippen molar-refractivity contribution in [2.45, 2.75) is 46.1 Å². The number of carbonyl (C=O) groups is 2. The van der Waals surface area contributed by atoms with E-state index in [-0.39, 0.29) is 5.91 Å². The maximum atomic E-state index is 12.7. The van der Waals surface area contributed by atoms with Gasteiger partial charge in [-0.3, -0.25) is 10.1 Å². The van der Waals surface area contributed by atoms with E-state index in [1.807, 2.05) is 0 Å². The van der Waals surface area contributed by atoms with Crippen LogP contribution in [0.15, 0.2) is 42.5 Å². The molecule has 0 spiro atoms. The molecule has 2 N–H and O–H groups in total. The molecule has 0 radical (unpaired) electrons. The van der Waals surface area contributed by atoms with E-state index < -0.39 is 11.7 Å². The van der Waals surface area contributed by atoms with Crippen LogP contribution >= 0.6 is 0 Å². The third-order valence-electron chi connectivity index (χ3n) is 3.98. The molecule has 0 fully saturated rings. The molecule has 30 heavy (non-hydrogen) atoms. The average molecular weight is 415 g/mol. The molecule has 0 unspecified atom stereocenters. The molecule has 0 aliphatic carbocycles. The second kappa shape index (κ2) is 10.5. The van der Waals surface area contributed by atoms with Crippen LogP contribution in [0.2, 0.25) is 0 Å². The van der Waals surface area contributed by atoms with Crippen LogP contribution in [0.4, 0.5) is 16.2 Å². The van der Waals surface area contributed by atoms with Gasteiger partial charge in [0, 0.05) is 17.3 Å².